The van der Waals surface area contributed by atoms with Gasteiger partial charge in [0.15, 0.2) is 0 Å². The van der Waals surface area contributed by atoms with Crippen molar-refractivity contribution in [1.82, 2.24) is 0 Å². The summed E-state index contributed by atoms with van der Waals surface area (Å²) in [6, 6.07) is 12.3. The number of ether oxygens (including phenoxy) is 2. The highest BCUT2D eigenvalue weighted by atomic mass is 32.2. The maximum absolute atomic E-state index is 12.1. The molecular formula is C20H21NO8S. The van der Waals surface area contributed by atoms with Crippen LogP contribution >= 0.6 is 0 Å². The molecule has 0 unspecified atom stereocenters. The molecule has 0 bridgehead atoms. The summed E-state index contributed by atoms with van der Waals surface area (Å²) in [6.07, 6.45) is 0.0737. The minimum absolute atomic E-state index is 0.000937. The highest BCUT2D eigenvalue weighted by Crippen LogP contribution is 2.25. The van der Waals surface area contributed by atoms with Gasteiger partial charge >= 0.3 is 11.9 Å². The predicted octanol–water partition coefficient (Wildman–Crippen LogP) is 2.27. The third-order valence-corrected chi connectivity index (χ3v) is 4.90. The Bertz CT molecular complexity index is 1020. The van der Waals surface area contributed by atoms with E-state index in [-0.39, 0.29) is 29.2 Å². The van der Waals surface area contributed by atoms with Crippen LogP contribution in [-0.4, -0.2) is 40.0 Å². The van der Waals surface area contributed by atoms with E-state index in [4.69, 9.17) is 8.92 Å². The van der Waals surface area contributed by atoms with Crippen LogP contribution in [-0.2, 0) is 34.4 Å². The van der Waals surface area contributed by atoms with Gasteiger partial charge in [-0.1, -0.05) is 37.3 Å². The van der Waals surface area contributed by atoms with E-state index in [1.807, 2.05) is 0 Å². The van der Waals surface area contributed by atoms with E-state index in [0.29, 0.717) is 5.56 Å². The number of esters is 2. The average molecular weight is 435 g/mol. The first-order chi connectivity index (χ1) is 14.2. The molecule has 0 atom stereocenters. The molecule has 1 N–H and O–H groups in total. The first-order valence-electron chi connectivity index (χ1n) is 8.88. The fourth-order valence-electron chi connectivity index (χ4n) is 2.32. The summed E-state index contributed by atoms with van der Waals surface area (Å²) in [5.41, 5.74) is 0.702. The van der Waals surface area contributed by atoms with Gasteiger partial charge in [-0.25, -0.2) is 4.79 Å². The maximum atomic E-state index is 12.1. The fourth-order valence-corrected chi connectivity index (χ4v) is 3.29. The lowest BCUT2D eigenvalue weighted by molar-refractivity contribution is -0.134. The second-order valence-corrected chi connectivity index (χ2v) is 7.67. The van der Waals surface area contributed by atoms with Gasteiger partial charge < -0.3 is 14.8 Å². The van der Waals surface area contributed by atoms with E-state index >= 15 is 0 Å². The maximum Gasteiger partial charge on any atom is 0.341 e. The van der Waals surface area contributed by atoms with Crippen LogP contribution in [0, 0.1) is 0 Å². The molecule has 0 fully saturated rings. The molecule has 2 rings (SSSR count). The van der Waals surface area contributed by atoms with Gasteiger partial charge in [0.2, 0.25) is 0 Å². The molecule has 30 heavy (non-hydrogen) atoms. The van der Waals surface area contributed by atoms with E-state index in [9.17, 15) is 22.8 Å². The second-order valence-electron chi connectivity index (χ2n) is 6.03. The number of rotatable bonds is 9. The third-order valence-electron chi connectivity index (χ3n) is 3.74. The number of carbonyl (C=O) groups excluding carboxylic acids is 3. The molecule has 9 nitrogen and oxygen atoms in total. The van der Waals surface area contributed by atoms with Gasteiger partial charge in [-0.15, -0.1) is 0 Å². The first kappa shape index (κ1) is 23.0. The molecule has 0 aliphatic heterocycles. The summed E-state index contributed by atoms with van der Waals surface area (Å²) in [5.74, 6) is -2.51. The van der Waals surface area contributed by atoms with Gasteiger partial charge in [0.1, 0.15) is 23.7 Å². The van der Waals surface area contributed by atoms with Gasteiger partial charge in [0.25, 0.3) is 16.0 Å². The highest BCUT2D eigenvalue weighted by Gasteiger charge is 2.18. The molecule has 0 aromatic heterocycles. The number of hydrogen-bond acceptors (Lipinski definition) is 8. The summed E-state index contributed by atoms with van der Waals surface area (Å²) in [6.45, 7) is 0.844. The Kier molecular flexibility index (Phi) is 8.07. The van der Waals surface area contributed by atoms with Crippen LogP contribution in [0.1, 0.15) is 29.3 Å². The molecule has 0 heterocycles. The normalized spacial score (nSPS) is 10.9. The molecule has 1 amide bonds. The Morgan fingerprint density at radius 1 is 1.03 bits per heavy atom. The van der Waals surface area contributed by atoms with Crippen LogP contribution in [0.25, 0.3) is 0 Å². The topological polar surface area (TPSA) is 125 Å². The van der Waals surface area contributed by atoms with Crippen molar-refractivity contribution in [2.24, 2.45) is 0 Å². The summed E-state index contributed by atoms with van der Waals surface area (Å²) in [4.78, 5) is 35.5. The van der Waals surface area contributed by atoms with Crippen LogP contribution in [0.2, 0.25) is 0 Å². The number of methoxy groups -OCH3 is 1. The molecule has 10 heteroatoms. The Hall–Kier alpha value is -3.24. The molecule has 160 valence electrons. The summed E-state index contributed by atoms with van der Waals surface area (Å²) < 4.78 is 38.5. The highest BCUT2D eigenvalue weighted by molar-refractivity contribution is 7.85. The predicted molar refractivity (Wildman–Crippen MR) is 107 cm³/mol. The van der Waals surface area contributed by atoms with Crippen molar-refractivity contribution < 1.29 is 36.5 Å². The zero-order valence-electron chi connectivity index (χ0n) is 16.4. The van der Waals surface area contributed by atoms with Gasteiger partial charge in [-0.3, -0.25) is 13.8 Å². The lowest BCUT2D eigenvalue weighted by atomic mass is 10.1. The van der Waals surface area contributed by atoms with Gasteiger partial charge in [0, 0.05) is 18.2 Å². The van der Waals surface area contributed by atoms with Gasteiger partial charge in [0.05, 0.1) is 7.11 Å². The second kappa shape index (κ2) is 10.5. The number of carbonyl (C=O) groups is 3. The SMILES string of the molecule is CCC(=O)Oc1cc(NC(=O)COS(=O)(=O)Cc2ccccc2)ccc1C(=O)OC. The van der Waals surface area contributed by atoms with Crippen molar-refractivity contribution in [2.75, 3.05) is 19.0 Å². The van der Waals surface area contributed by atoms with Crippen LogP contribution in [0.5, 0.6) is 5.75 Å². The molecular weight excluding hydrogens is 414 g/mol. The molecule has 0 saturated heterocycles. The average Bonchev–Trinajstić information content (AvgIpc) is 2.72. The van der Waals surface area contributed by atoms with Crippen molar-refractivity contribution in [3.8, 4) is 5.75 Å². The first-order valence-corrected chi connectivity index (χ1v) is 10.5. The lowest BCUT2D eigenvalue weighted by Crippen LogP contribution is -2.22. The van der Waals surface area contributed by atoms with Crippen molar-refractivity contribution >= 4 is 33.7 Å². The number of nitrogens with one attached hydrogen (secondary N) is 1. The van der Waals surface area contributed by atoms with Crippen LogP contribution in [0.15, 0.2) is 48.5 Å². The van der Waals surface area contributed by atoms with Crippen LogP contribution in [0.4, 0.5) is 5.69 Å². The number of hydrogen-bond donors (Lipinski definition) is 1. The van der Waals surface area contributed by atoms with E-state index < -0.39 is 34.6 Å². The zero-order chi connectivity index (χ0) is 22.1. The quantitative estimate of drug-likeness (QED) is 0.361. The van der Waals surface area contributed by atoms with E-state index in [0.717, 1.165) is 0 Å². The minimum atomic E-state index is -3.96. The van der Waals surface area contributed by atoms with E-state index in [2.05, 4.69) is 10.1 Å². The summed E-state index contributed by atoms with van der Waals surface area (Å²) in [7, 11) is -2.78. The third kappa shape index (κ3) is 6.98. The standard InChI is InChI=1S/C20H21NO8S/c1-3-19(23)29-17-11-15(9-10-16(17)20(24)27-2)21-18(22)12-28-30(25,26)13-14-7-5-4-6-8-14/h4-11H,3,12-13H2,1-2H3,(H,21,22). The van der Waals surface area contributed by atoms with Crippen molar-refractivity contribution in [3.05, 3.63) is 59.7 Å². The van der Waals surface area contributed by atoms with Crippen LogP contribution in [0.3, 0.4) is 0 Å². The Labute approximate surface area is 174 Å². The summed E-state index contributed by atoms with van der Waals surface area (Å²) >= 11 is 0. The molecule has 0 spiro atoms. The lowest BCUT2D eigenvalue weighted by Gasteiger charge is -2.11. The molecule has 0 aliphatic carbocycles. The molecule has 2 aromatic rings. The number of benzene rings is 2. The number of anilines is 1. The molecule has 0 aliphatic rings. The van der Waals surface area contributed by atoms with Gasteiger partial charge in [-0.2, -0.15) is 8.42 Å². The molecule has 0 saturated carbocycles. The summed E-state index contributed by atoms with van der Waals surface area (Å²) in [5, 5.41) is 2.42. The Balaban J connectivity index is 2.04. The Morgan fingerprint density at radius 3 is 2.37 bits per heavy atom. The zero-order valence-corrected chi connectivity index (χ0v) is 17.2. The van der Waals surface area contributed by atoms with E-state index in [1.165, 1.54) is 25.3 Å². The molecule has 2 aromatic carbocycles. The molecule has 0 radical (unpaired) electrons. The minimum Gasteiger partial charge on any atom is -0.465 e. The monoisotopic (exact) mass is 435 g/mol. The largest absolute Gasteiger partial charge is 0.465 e. The Morgan fingerprint density at radius 2 is 1.73 bits per heavy atom. The smallest absolute Gasteiger partial charge is 0.341 e. The van der Waals surface area contributed by atoms with Crippen molar-refractivity contribution in [3.63, 3.8) is 0 Å². The van der Waals surface area contributed by atoms with Gasteiger partial charge in [-0.05, 0) is 17.7 Å². The fraction of sp³-hybridized carbons (Fsp3) is 0.250. The number of amides is 1. The van der Waals surface area contributed by atoms with Crippen LogP contribution < -0.4 is 10.1 Å². The van der Waals surface area contributed by atoms with E-state index in [1.54, 1.807) is 37.3 Å². The van der Waals surface area contributed by atoms with Crippen molar-refractivity contribution in [1.29, 1.82) is 0 Å². The van der Waals surface area contributed by atoms with Crippen molar-refractivity contribution in [2.45, 2.75) is 19.1 Å².